The summed E-state index contributed by atoms with van der Waals surface area (Å²) < 4.78 is 2.20. The van der Waals surface area contributed by atoms with E-state index in [1.54, 1.807) is 0 Å². The van der Waals surface area contributed by atoms with Crippen molar-refractivity contribution in [1.82, 2.24) is 19.4 Å². The van der Waals surface area contributed by atoms with Crippen LogP contribution in [0.2, 0.25) is 0 Å². The van der Waals surface area contributed by atoms with E-state index in [0.717, 1.165) is 55.9 Å². The number of hydrogen-bond donors (Lipinski definition) is 0. The smallest absolute Gasteiger partial charge is 0.225 e. The van der Waals surface area contributed by atoms with Gasteiger partial charge in [0.25, 0.3) is 0 Å². The molecular weight excluding hydrogens is 264 g/mol. The molecule has 110 valence electrons. The Labute approximate surface area is 124 Å². The second-order valence-electron chi connectivity index (χ2n) is 6.10. The van der Waals surface area contributed by atoms with Crippen molar-refractivity contribution in [3.8, 4) is 0 Å². The van der Waals surface area contributed by atoms with Gasteiger partial charge in [-0.3, -0.25) is 4.79 Å². The Bertz CT molecular complexity index is 689. The number of rotatable bonds is 3. The van der Waals surface area contributed by atoms with E-state index < -0.39 is 0 Å². The Morgan fingerprint density at radius 2 is 2.24 bits per heavy atom. The average Bonchev–Trinajstić information content (AvgIpc) is 3.12. The fraction of sp³-hybridized carbons (Fsp3) is 0.562. The topological polar surface area (TPSA) is 51.0 Å². The number of carbonyl (C=O) groups is 1. The highest BCUT2D eigenvalue weighted by molar-refractivity contribution is 5.81. The lowest BCUT2D eigenvalue weighted by Gasteiger charge is -2.16. The van der Waals surface area contributed by atoms with Gasteiger partial charge in [0.2, 0.25) is 5.91 Å². The van der Waals surface area contributed by atoms with Crippen LogP contribution in [-0.4, -0.2) is 38.4 Å². The van der Waals surface area contributed by atoms with Gasteiger partial charge in [-0.1, -0.05) is 0 Å². The van der Waals surface area contributed by atoms with Gasteiger partial charge in [0, 0.05) is 37.7 Å². The van der Waals surface area contributed by atoms with Crippen molar-refractivity contribution in [3.63, 3.8) is 0 Å². The van der Waals surface area contributed by atoms with Crippen LogP contribution in [0.25, 0.3) is 11.2 Å². The van der Waals surface area contributed by atoms with E-state index in [2.05, 4.69) is 16.5 Å². The van der Waals surface area contributed by atoms with Crippen LogP contribution in [0.1, 0.15) is 37.9 Å². The van der Waals surface area contributed by atoms with Crippen LogP contribution in [0.5, 0.6) is 0 Å². The standard InChI is InChI=1S/C16H20N4O/c1-2-20-14(18-13-4-3-8-17-15(13)20)12-7-9-19(10-12)16(21)11-5-6-11/h3-4,8,11-12H,2,5-7,9-10H2,1H3. The number of nitrogens with zero attached hydrogens (tertiary/aromatic N) is 4. The highest BCUT2D eigenvalue weighted by Gasteiger charge is 2.38. The molecule has 2 aliphatic rings. The molecule has 3 heterocycles. The summed E-state index contributed by atoms with van der Waals surface area (Å²) in [5.74, 6) is 2.12. The van der Waals surface area contributed by atoms with Crippen molar-refractivity contribution in [3.05, 3.63) is 24.2 Å². The number of aromatic nitrogens is 3. The minimum absolute atomic E-state index is 0.315. The van der Waals surface area contributed by atoms with Gasteiger partial charge in [-0.15, -0.1) is 0 Å². The van der Waals surface area contributed by atoms with Gasteiger partial charge in [0.15, 0.2) is 5.65 Å². The summed E-state index contributed by atoms with van der Waals surface area (Å²) in [7, 11) is 0. The van der Waals surface area contributed by atoms with Gasteiger partial charge >= 0.3 is 0 Å². The van der Waals surface area contributed by atoms with Crippen molar-refractivity contribution in [1.29, 1.82) is 0 Å². The molecule has 1 saturated heterocycles. The SMILES string of the molecule is CCn1c(C2CCN(C(=O)C3CC3)C2)nc2cccnc21. The Morgan fingerprint density at radius 1 is 1.38 bits per heavy atom. The summed E-state index contributed by atoms with van der Waals surface area (Å²) >= 11 is 0. The number of pyridine rings is 1. The molecule has 2 aromatic rings. The molecular formula is C16H20N4O. The Balaban J connectivity index is 1.63. The summed E-state index contributed by atoms with van der Waals surface area (Å²) in [5.41, 5.74) is 1.92. The Hall–Kier alpha value is -1.91. The minimum atomic E-state index is 0.315. The molecule has 2 aromatic heterocycles. The number of hydrogen-bond acceptors (Lipinski definition) is 3. The van der Waals surface area contributed by atoms with Crippen molar-refractivity contribution >= 4 is 17.1 Å². The lowest BCUT2D eigenvalue weighted by atomic mass is 10.1. The highest BCUT2D eigenvalue weighted by Crippen LogP contribution is 2.35. The van der Waals surface area contributed by atoms with Crippen LogP contribution >= 0.6 is 0 Å². The first-order valence-corrected chi connectivity index (χ1v) is 7.88. The number of fused-ring (bicyclic) bond motifs is 1. The third-order valence-corrected chi connectivity index (χ3v) is 4.64. The zero-order valence-electron chi connectivity index (χ0n) is 12.3. The average molecular weight is 284 g/mol. The Kier molecular flexibility index (Phi) is 2.94. The quantitative estimate of drug-likeness (QED) is 0.868. The lowest BCUT2D eigenvalue weighted by molar-refractivity contribution is -0.131. The molecule has 0 bridgehead atoms. The maximum Gasteiger partial charge on any atom is 0.225 e. The van der Waals surface area contributed by atoms with E-state index in [4.69, 9.17) is 4.98 Å². The van der Waals surface area contributed by atoms with E-state index in [1.165, 1.54) is 0 Å². The lowest BCUT2D eigenvalue weighted by Crippen LogP contribution is -2.29. The molecule has 1 aliphatic carbocycles. The summed E-state index contributed by atoms with van der Waals surface area (Å²) in [4.78, 5) is 23.5. The molecule has 1 atom stereocenters. The summed E-state index contributed by atoms with van der Waals surface area (Å²) in [6.45, 7) is 4.69. The van der Waals surface area contributed by atoms with E-state index in [9.17, 15) is 4.79 Å². The van der Waals surface area contributed by atoms with Gasteiger partial charge in [0.05, 0.1) is 0 Å². The molecule has 5 heteroatoms. The third-order valence-electron chi connectivity index (χ3n) is 4.64. The fourth-order valence-electron chi connectivity index (χ4n) is 3.36. The first kappa shape index (κ1) is 12.8. The molecule has 1 amide bonds. The van der Waals surface area contributed by atoms with E-state index >= 15 is 0 Å². The Morgan fingerprint density at radius 3 is 3.00 bits per heavy atom. The van der Waals surface area contributed by atoms with Gasteiger partial charge < -0.3 is 9.47 Å². The van der Waals surface area contributed by atoms with Crippen LogP contribution in [0.15, 0.2) is 18.3 Å². The van der Waals surface area contributed by atoms with Crippen LogP contribution in [0, 0.1) is 5.92 Å². The zero-order chi connectivity index (χ0) is 14.4. The monoisotopic (exact) mass is 284 g/mol. The largest absolute Gasteiger partial charge is 0.342 e. The molecule has 1 unspecified atom stereocenters. The van der Waals surface area contributed by atoms with Crippen molar-refractivity contribution in [2.24, 2.45) is 5.92 Å². The van der Waals surface area contributed by atoms with Crippen LogP contribution < -0.4 is 0 Å². The molecule has 0 spiro atoms. The maximum absolute atomic E-state index is 12.2. The molecule has 2 fully saturated rings. The van der Waals surface area contributed by atoms with Gasteiger partial charge in [0.1, 0.15) is 11.3 Å². The molecule has 5 nitrogen and oxygen atoms in total. The first-order chi connectivity index (χ1) is 10.3. The summed E-state index contributed by atoms with van der Waals surface area (Å²) in [6, 6.07) is 3.94. The van der Waals surface area contributed by atoms with Crippen LogP contribution in [0.4, 0.5) is 0 Å². The molecule has 21 heavy (non-hydrogen) atoms. The summed E-state index contributed by atoms with van der Waals surface area (Å²) in [5, 5.41) is 0. The van der Waals surface area contributed by atoms with E-state index in [-0.39, 0.29) is 0 Å². The zero-order valence-corrected chi connectivity index (χ0v) is 12.3. The predicted molar refractivity (Wildman–Crippen MR) is 79.9 cm³/mol. The second kappa shape index (κ2) is 4.83. The van der Waals surface area contributed by atoms with Crippen molar-refractivity contribution in [2.75, 3.05) is 13.1 Å². The van der Waals surface area contributed by atoms with Crippen LogP contribution in [0.3, 0.4) is 0 Å². The number of aryl methyl sites for hydroxylation is 1. The molecule has 0 aromatic carbocycles. The maximum atomic E-state index is 12.2. The normalized spacial score (nSPS) is 22.1. The molecule has 0 N–H and O–H groups in total. The number of amides is 1. The minimum Gasteiger partial charge on any atom is -0.342 e. The van der Waals surface area contributed by atoms with Crippen molar-refractivity contribution in [2.45, 2.75) is 38.6 Å². The van der Waals surface area contributed by atoms with Gasteiger partial charge in [-0.05, 0) is 38.3 Å². The first-order valence-electron chi connectivity index (χ1n) is 7.88. The fourth-order valence-corrected chi connectivity index (χ4v) is 3.36. The van der Waals surface area contributed by atoms with E-state index in [1.807, 2.05) is 23.2 Å². The third kappa shape index (κ3) is 2.11. The van der Waals surface area contributed by atoms with Crippen LogP contribution in [-0.2, 0) is 11.3 Å². The molecule has 1 aliphatic heterocycles. The second-order valence-corrected chi connectivity index (χ2v) is 6.10. The molecule has 4 rings (SSSR count). The highest BCUT2D eigenvalue weighted by atomic mass is 16.2. The number of likely N-dealkylation sites (tertiary alicyclic amines) is 1. The molecule has 1 saturated carbocycles. The number of imidazole rings is 1. The van der Waals surface area contributed by atoms with Gasteiger partial charge in [-0.2, -0.15) is 0 Å². The van der Waals surface area contributed by atoms with Crippen molar-refractivity contribution < 1.29 is 4.79 Å². The number of carbonyl (C=O) groups excluding carboxylic acids is 1. The summed E-state index contributed by atoms with van der Waals surface area (Å²) in [6.07, 6.45) is 4.99. The van der Waals surface area contributed by atoms with Gasteiger partial charge in [-0.25, -0.2) is 9.97 Å². The predicted octanol–water partition coefficient (Wildman–Crippen LogP) is 2.18. The van der Waals surface area contributed by atoms with E-state index in [0.29, 0.717) is 17.7 Å². The molecule has 0 radical (unpaired) electrons.